The summed E-state index contributed by atoms with van der Waals surface area (Å²) in [6.45, 7) is 4.90. The van der Waals surface area contributed by atoms with Gasteiger partial charge in [0.15, 0.2) is 0 Å². The third-order valence-electron chi connectivity index (χ3n) is 4.41. The summed E-state index contributed by atoms with van der Waals surface area (Å²) in [5, 5.41) is 9.67. The zero-order valence-corrected chi connectivity index (χ0v) is 14.9. The van der Waals surface area contributed by atoms with Gasteiger partial charge in [-0.2, -0.15) is 0 Å². The van der Waals surface area contributed by atoms with Gasteiger partial charge in [-0.1, -0.05) is 43.6 Å². The van der Waals surface area contributed by atoms with E-state index in [2.05, 4.69) is 0 Å². The standard InChI is InChI=1S/C19H19ClFNO3/c1-12(2)19(3,18(24)25)22(14-9-10-16(21)15(20)11-14)17(23)13-7-5-4-6-8-13/h4-12H,1-3H3,(H,24,25)/t19-/m1/s1. The first-order valence-electron chi connectivity index (χ1n) is 7.77. The SMILES string of the molecule is CC(C)[C@](C)(C(=O)O)N(C(=O)c1ccccc1)c1ccc(F)c(Cl)c1. The number of carboxylic acids is 1. The highest BCUT2D eigenvalue weighted by molar-refractivity contribution is 6.31. The van der Waals surface area contributed by atoms with Crippen molar-refractivity contribution in [3.05, 3.63) is 64.9 Å². The second-order valence-corrected chi connectivity index (χ2v) is 6.62. The number of anilines is 1. The molecule has 0 aliphatic carbocycles. The normalized spacial score (nSPS) is 13.4. The summed E-state index contributed by atoms with van der Waals surface area (Å²) in [5.74, 6) is -2.71. The van der Waals surface area contributed by atoms with E-state index in [1.807, 2.05) is 0 Å². The van der Waals surface area contributed by atoms with Crippen LogP contribution < -0.4 is 4.90 Å². The number of benzene rings is 2. The van der Waals surface area contributed by atoms with Crippen LogP contribution in [-0.4, -0.2) is 22.5 Å². The fourth-order valence-electron chi connectivity index (χ4n) is 2.53. The van der Waals surface area contributed by atoms with E-state index in [0.717, 1.165) is 6.07 Å². The average Bonchev–Trinajstić information content (AvgIpc) is 2.58. The van der Waals surface area contributed by atoms with Crippen molar-refractivity contribution in [2.75, 3.05) is 4.90 Å². The molecule has 0 aromatic heterocycles. The van der Waals surface area contributed by atoms with Gasteiger partial charge in [0, 0.05) is 11.3 Å². The van der Waals surface area contributed by atoms with Crippen LogP contribution in [0.25, 0.3) is 0 Å². The van der Waals surface area contributed by atoms with Crippen molar-refractivity contribution in [3.63, 3.8) is 0 Å². The minimum absolute atomic E-state index is 0.181. The van der Waals surface area contributed by atoms with E-state index >= 15 is 0 Å². The highest BCUT2D eigenvalue weighted by Crippen LogP contribution is 2.34. The van der Waals surface area contributed by atoms with Crippen LogP contribution >= 0.6 is 11.6 Å². The van der Waals surface area contributed by atoms with Crippen LogP contribution in [0.15, 0.2) is 48.5 Å². The van der Waals surface area contributed by atoms with Crippen molar-refractivity contribution >= 4 is 29.2 Å². The van der Waals surface area contributed by atoms with E-state index in [1.54, 1.807) is 44.2 Å². The number of hydrogen-bond donors (Lipinski definition) is 1. The Balaban J connectivity index is 2.68. The second-order valence-electron chi connectivity index (χ2n) is 6.21. The largest absolute Gasteiger partial charge is 0.479 e. The number of carboxylic acid groups (broad SMARTS) is 1. The van der Waals surface area contributed by atoms with Crippen molar-refractivity contribution in [2.24, 2.45) is 5.92 Å². The predicted octanol–water partition coefficient (Wildman–Crippen LogP) is 4.63. The maximum atomic E-state index is 13.5. The van der Waals surface area contributed by atoms with Crippen molar-refractivity contribution in [1.82, 2.24) is 0 Å². The summed E-state index contributed by atoms with van der Waals surface area (Å²) < 4.78 is 13.5. The van der Waals surface area contributed by atoms with Crippen LogP contribution in [0.5, 0.6) is 0 Å². The number of rotatable bonds is 5. The smallest absolute Gasteiger partial charge is 0.329 e. The number of carbonyl (C=O) groups is 2. The molecule has 0 aliphatic rings. The number of nitrogens with zero attached hydrogens (tertiary/aromatic N) is 1. The molecule has 0 radical (unpaired) electrons. The van der Waals surface area contributed by atoms with Gasteiger partial charge in [-0.3, -0.25) is 9.69 Å². The third-order valence-corrected chi connectivity index (χ3v) is 4.70. The molecule has 25 heavy (non-hydrogen) atoms. The minimum Gasteiger partial charge on any atom is -0.479 e. The van der Waals surface area contributed by atoms with Gasteiger partial charge in [-0.25, -0.2) is 9.18 Å². The lowest BCUT2D eigenvalue weighted by Crippen LogP contribution is -2.59. The third kappa shape index (κ3) is 3.51. The Morgan fingerprint density at radius 2 is 1.76 bits per heavy atom. The molecule has 0 unspecified atom stereocenters. The van der Waals surface area contributed by atoms with Gasteiger partial charge in [0.25, 0.3) is 5.91 Å². The van der Waals surface area contributed by atoms with Crippen LogP contribution in [0, 0.1) is 11.7 Å². The molecule has 6 heteroatoms. The first-order valence-corrected chi connectivity index (χ1v) is 8.15. The summed E-state index contributed by atoms with van der Waals surface area (Å²) in [6.07, 6.45) is 0. The van der Waals surface area contributed by atoms with Gasteiger partial charge >= 0.3 is 5.97 Å². The molecule has 4 nitrogen and oxygen atoms in total. The summed E-state index contributed by atoms with van der Waals surface area (Å²) in [6, 6.07) is 12.1. The fraction of sp³-hybridized carbons (Fsp3) is 0.263. The Hall–Kier alpha value is -2.40. The molecule has 0 aliphatic heterocycles. The molecule has 1 amide bonds. The maximum Gasteiger partial charge on any atom is 0.329 e. The van der Waals surface area contributed by atoms with Crippen LogP contribution in [0.2, 0.25) is 5.02 Å². The van der Waals surface area contributed by atoms with Crippen LogP contribution in [0.4, 0.5) is 10.1 Å². The van der Waals surface area contributed by atoms with E-state index in [1.165, 1.54) is 24.0 Å². The molecular formula is C19H19ClFNO3. The zero-order valence-electron chi connectivity index (χ0n) is 14.2. The number of amides is 1. The molecule has 2 aromatic carbocycles. The molecule has 0 saturated carbocycles. The molecule has 0 heterocycles. The summed E-state index contributed by atoms with van der Waals surface area (Å²) >= 11 is 5.86. The Labute approximate surface area is 150 Å². The maximum absolute atomic E-state index is 13.5. The van der Waals surface area contributed by atoms with Gasteiger partial charge in [-0.05, 0) is 43.2 Å². The lowest BCUT2D eigenvalue weighted by atomic mass is 9.85. The van der Waals surface area contributed by atoms with Gasteiger partial charge in [0.2, 0.25) is 0 Å². The molecule has 132 valence electrons. The van der Waals surface area contributed by atoms with Crippen molar-refractivity contribution in [3.8, 4) is 0 Å². The number of halogens is 2. The number of carbonyl (C=O) groups excluding carboxylic acids is 1. The first-order chi connectivity index (χ1) is 11.7. The van der Waals surface area contributed by atoms with E-state index in [9.17, 15) is 19.1 Å². The highest BCUT2D eigenvalue weighted by atomic mass is 35.5. The molecule has 0 saturated heterocycles. The molecule has 0 fully saturated rings. The van der Waals surface area contributed by atoms with Gasteiger partial charge < -0.3 is 5.11 Å². The monoisotopic (exact) mass is 363 g/mol. The molecule has 0 spiro atoms. The number of aliphatic carboxylic acids is 1. The second kappa shape index (κ2) is 7.23. The highest BCUT2D eigenvalue weighted by Gasteiger charge is 2.46. The molecule has 1 atom stereocenters. The van der Waals surface area contributed by atoms with Crippen molar-refractivity contribution in [2.45, 2.75) is 26.3 Å². The van der Waals surface area contributed by atoms with Crippen LogP contribution in [-0.2, 0) is 4.79 Å². The van der Waals surface area contributed by atoms with E-state index in [0.29, 0.717) is 5.56 Å². The van der Waals surface area contributed by atoms with Gasteiger partial charge in [0.05, 0.1) is 5.02 Å². The molecule has 0 bridgehead atoms. The topological polar surface area (TPSA) is 57.6 Å². The van der Waals surface area contributed by atoms with Crippen LogP contribution in [0.3, 0.4) is 0 Å². The lowest BCUT2D eigenvalue weighted by Gasteiger charge is -2.41. The summed E-state index contributed by atoms with van der Waals surface area (Å²) in [4.78, 5) is 26.4. The number of hydrogen-bond acceptors (Lipinski definition) is 2. The summed E-state index contributed by atoms with van der Waals surface area (Å²) in [5.41, 5.74) is -0.997. The minimum atomic E-state index is -1.55. The molecule has 1 N–H and O–H groups in total. The Bertz CT molecular complexity index is 795. The Morgan fingerprint density at radius 1 is 1.16 bits per heavy atom. The molecular weight excluding hydrogens is 345 g/mol. The van der Waals surface area contributed by atoms with E-state index in [-0.39, 0.29) is 10.7 Å². The lowest BCUT2D eigenvalue weighted by molar-refractivity contribution is -0.144. The van der Waals surface area contributed by atoms with E-state index in [4.69, 9.17) is 11.6 Å². The summed E-state index contributed by atoms with van der Waals surface area (Å²) in [7, 11) is 0. The van der Waals surface area contributed by atoms with Crippen LogP contribution in [0.1, 0.15) is 31.1 Å². The van der Waals surface area contributed by atoms with E-state index < -0.39 is 29.2 Å². The van der Waals surface area contributed by atoms with Crippen molar-refractivity contribution < 1.29 is 19.1 Å². The fourth-order valence-corrected chi connectivity index (χ4v) is 2.71. The quantitative estimate of drug-likeness (QED) is 0.842. The molecule has 2 rings (SSSR count). The Kier molecular flexibility index (Phi) is 5.48. The van der Waals surface area contributed by atoms with Gasteiger partial charge in [0.1, 0.15) is 11.4 Å². The first kappa shape index (κ1) is 18.9. The van der Waals surface area contributed by atoms with Gasteiger partial charge in [-0.15, -0.1) is 0 Å². The Morgan fingerprint density at radius 3 is 2.24 bits per heavy atom. The zero-order chi connectivity index (χ0) is 18.8. The van der Waals surface area contributed by atoms with Crippen molar-refractivity contribution in [1.29, 1.82) is 0 Å². The average molecular weight is 364 g/mol. The molecule has 2 aromatic rings. The predicted molar refractivity (Wildman–Crippen MR) is 95.5 cm³/mol.